The molecule has 1 fully saturated rings. The molecule has 0 bridgehead atoms. The number of benzene rings is 2. The number of nitrogens with one attached hydrogen (secondary N) is 3. The third-order valence-corrected chi connectivity index (χ3v) is 6.16. The zero-order valence-electron chi connectivity index (χ0n) is 18.8. The van der Waals surface area contributed by atoms with Crippen LogP contribution in [0.1, 0.15) is 49.7 Å². The lowest BCUT2D eigenvalue weighted by molar-refractivity contribution is -0.129. The zero-order chi connectivity index (χ0) is 22.8. The van der Waals surface area contributed by atoms with Crippen molar-refractivity contribution in [3.8, 4) is 0 Å². The van der Waals surface area contributed by atoms with Crippen LogP contribution >= 0.6 is 0 Å². The van der Waals surface area contributed by atoms with Crippen molar-refractivity contribution in [3.63, 3.8) is 0 Å². The smallest absolute Gasteiger partial charge is 0.242 e. The minimum atomic E-state index is -0.527. The predicted molar refractivity (Wildman–Crippen MR) is 126 cm³/mol. The first-order chi connectivity index (χ1) is 15.5. The SMILES string of the molecule is Cc1ccccc1CC(=O)NC(CC1CCCCC1)C(=O)NCCNc1ccc(F)cc1. The molecule has 3 rings (SSSR count). The number of rotatable bonds is 10. The average Bonchev–Trinajstić information content (AvgIpc) is 2.79. The van der Waals surface area contributed by atoms with Gasteiger partial charge in [-0.15, -0.1) is 0 Å². The van der Waals surface area contributed by atoms with Gasteiger partial charge in [0.1, 0.15) is 11.9 Å². The third kappa shape index (κ3) is 7.66. The van der Waals surface area contributed by atoms with Crippen molar-refractivity contribution in [2.75, 3.05) is 18.4 Å². The summed E-state index contributed by atoms with van der Waals surface area (Å²) in [6, 6.07) is 13.4. The highest BCUT2D eigenvalue weighted by Gasteiger charge is 2.25. The van der Waals surface area contributed by atoms with E-state index in [4.69, 9.17) is 0 Å². The minimum absolute atomic E-state index is 0.125. The summed E-state index contributed by atoms with van der Waals surface area (Å²) < 4.78 is 13.0. The summed E-state index contributed by atoms with van der Waals surface area (Å²) >= 11 is 0. The van der Waals surface area contributed by atoms with Gasteiger partial charge in [0.05, 0.1) is 6.42 Å². The van der Waals surface area contributed by atoms with Crippen LogP contribution < -0.4 is 16.0 Å². The topological polar surface area (TPSA) is 70.2 Å². The van der Waals surface area contributed by atoms with Gasteiger partial charge in [-0.1, -0.05) is 56.4 Å². The van der Waals surface area contributed by atoms with Gasteiger partial charge in [-0.25, -0.2) is 4.39 Å². The molecule has 1 aliphatic carbocycles. The first kappa shape index (κ1) is 23.8. The minimum Gasteiger partial charge on any atom is -0.383 e. The molecule has 172 valence electrons. The van der Waals surface area contributed by atoms with Gasteiger partial charge in [-0.3, -0.25) is 9.59 Å². The summed E-state index contributed by atoms with van der Waals surface area (Å²) in [5, 5.41) is 9.09. The van der Waals surface area contributed by atoms with Crippen molar-refractivity contribution < 1.29 is 14.0 Å². The Bertz CT molecular complexity index is 879. The molecular formula is C26H34FN3O2. The van der Waals surface area contributed by atoms with Crippen molar-refractivity contribution in [1.29, 1.82) is 0 Å². The van der Waals surface area contributed by atoms with E-state index >= 15 is 0 Å². The van der Waals surface area contributed by atoms with E-state index in [-0.39, 0.29) is 24.1 Å². The van der Waals surface area contributed by atoms with Gasteiger partial charge < -0.3 is 16.0 Å². The fourth-order valence-electron chi connectivity index (χ4n) is 4.30. The lowest BCUT2D eigenvalue weighted by atomic mass is 9.84. The van der Waals surface area contributed by atoms with Gasteiger partial charge >= 0.3 is 0 Å². The largest absolute Gasteiger partial charge is 0.383 e. The lowest BCUT2D eigenvalue weighted by Gasteiger charge is -2.27. The van der Waals surface area contributed by atoms with E-state index in [0.717, 1.165) is 29.7 Å². The second kappa shape index (κ2) is 12.2. The van der Waals surface area contributed by atoms with E-state index in [9.17, 15) is 14.0 Å². The van der Waals surface area contributed by atoms with Gasteiger partial charge in [-0.05, 0) is 54.7 Å². The van der Waals surface area contributed by atoms with Gasteiger partial charge in [0.15, 0.2) is 0 Å². The average molecular weight is 440 g/mol. The molecule has 0 spiro atoms. The molecule has 0 heterocycles. The number of hydrogen-bond donors (Lipinski definition) is 3. The highest BCUT2D eigenvalue weighted by Crippen LogP contribution is 2.27. The Morgan fingerprint density at radius 1 is 1.00 bits per heavy atom. The molecule has 2 amide bonds. The van der Waals surface area contributed by atoms with Crippen LogP contribution in [0.4, 0.5) is 10.1 Å². The molecule has 1 aliphatic rings. The summed E-state index contributed by atoms with van der Waals surface area (Å²) in [6.07, 6.45) is 6.81. The number of aryl methyl sites for hydroxylation is 1. The Hall–Kier alpha value is -2.89. The maximum Gasteiger partial charge on any atom is 0.242 e. The van der Waals surface area contributed by atoms with E-state index in [1.165, 1.54) is 31.4 Å². The fourth-order valence-corrected chi connectivity index (χ4v) is 4.30. The normalized spacial score (nSPS) is 15.1. The van der Waals surface area contributed by atoms with Crippen molar-refractivity contribution >= 4 is 17.5 Å². The van der Waals surface area contributed by atoms with Crippen molar-refractivity contribution in [2.24, 2.45) is 5.92 Å². The molecule has 1 atom stereocenters. The quantitative estimate of drug-likeness (QED) is 0.482. The van der Waals surface area contributed by atoms with Crippen molar-refractivity contribution in [2.45, 2.75) is 57.9 Å². The molecule has 0 saturated heterocycles. The fraction of sp³-hybridized carbons (Fsp3) is 0.462. The van der Waals surface area contributed by atoms with Gasteiger partial charge in [0.25, 0.3) is 0 Å². The zero-order valence-corrected chi connectivity index (χ0v) is 18.8. The molecular weight excluding hydrogens is 405 g/mol. The van der Waals surface area contributed by atoms with Crippen LogP contribution in [-0.4, -0.2) is 30.9 Å². The number of anilines is 1. The van der Waals surface area contributed by atoms with E-state index < -0.39 is 6.04 Å². The van der Waals surface area contributed by atoms with Gasteiger partial charge in [0, 0.05) is 18.8 Å². The molecule has 1 unspecified atom stereocenters. The van der Waals surface area contributed by atoms with Crippen LogP contribution in [0.3, 0.4) is 0 Å². The monoisotopic (exact) mass is 439 g/mol. The second-order valence-electron chi connectivity index (χ2n) is 8.69. The Balaban J connectivity index is 1.53. The predicted octanol–water partition coefficient (Wildman–Crippen LogP) is 4.36. The molecule has 5 nitrogen and oxygen atoms in total. The lowest BCUT2D eigenvalue weighted by Crippen LogP contribution is -2.49. The third-order valence-electron chi connectivity index (χ3n) is 6.16. The number of hydrogen-bond acceptors (Lipinski definition) is 3. The van der Waals surface area contributed by atoms with Gasteiger partial charge in [0.2, 0.25) is 11.8 Å². The van der Waals surface area contributed by atoms with E-state index in [1.54, 1.807) is 12.1 Å². The first-order valence-electron chi connectivity index (χ1n) is 11.6. The van der Waals surface area contributed by atoms with Crippen LogP contribution in [0.15, 0.2) is 48.5 Å². The highest BCUT2D eigenvalue weighted by atomic mass is 19.1. The maximum atomic E-state index is 13.0. The van der Waals surface area contributed by atoms with Crippen LogP contribution in [0, 0.1) is 18.7 Å². The number of amides is 2. The summed E-state index contributed by atoms with van der Waals surface area (Å²) in [6.45, 7) is 2.93. The van der Waals surface area contributed by atoms with Crippen LogP contribution in [-0.2, 0) is 16.0 Å². The van der Waals surface area contributed by atoms with Gasteiger partial charge in [-0.2, -0.15) is 0 Å². The Morgan fingerprint density at radius 2 is 1.72 bits per heavy atom. The maximum absolute atomic E-state index is 13.0. The number of carbonyl (C=O) groups excluding carboxylic acids is 2. The van der Waals surface area contributed by atoms with Crippen molar-refractivity contribution in [3.05, 3.63) is 65.5 Å². The van der Waals surface area contributed by atoms with Crippen LogP contribution in [0.5, 0.6) is 0 Å². The number of carbonyl (C=O) groups is 2. The Labute approximate surface area is 190 Å². The second-order valence-corrected chi connectivity index (χ2v) is 8.69. The Morgan fingerprint density at radius 3 is 2.44 bits per heavy atom. The van der Waals surface area contributed by atoms with Crippen molar-refractivity contribution in [1.82, 2.24) is 10.6 Å². The summed E-state index contributed by atoms with van der Waals surface area (Å²) in [7, 11) is 0. The summed E-state index contributed by atoms with van der Waals surface area (Å²) in [4.78, 5) is 25.7. The molecule has 0 aromatic heterocycles. The molecule has 32 heavy (non-hydrogen) atoms. The van der Waals surface area contributed by atoms with Crippen LogP contribution in [0.2, 0.25) is 0 Å². The molecule has 0 aliphatic heterocycles. The molecule has 2 aromatic carbocycles. The Kier molecular flexibility index (Phi) is 9.08. The number of halogens is 1. The first-order valence-corrected chi connectivity index (χ1v) is 11.6. The van der Waals surface area contributed by atoms with Crippen LogP contribution in [0.25, 0.3) is 0 Å². The molecule has 6 heteroatoms. The molecule has 0 radical (unpaired) electrons. The molecule has 2 aromatic rings. The summed E-state index contributed by atoms with van der Waals surface area (Å²) in [5.41, 5.74) is 2.85. The van der Waals surface area contributed by atoms with E-state index in [2.05, 4.69) is 16.0 Å². The standard InChI is InChI=1S/C26H34FN3O2/c1-19-7-5-6-10-21(19)18-25(31)30-24(17-20-8-3-2-4-9-20)26(32)29-16-15-28-23-13-11-22(27)12-14-23/h5-7,10-14,20,24,28H,2-4,8-9,15-18H2,1H3,(H,29,32)(H,30,31). The molecule has 1 saturated carbocycles. The molecule has 3 N–H and O–H groups in total. The highest BCUT2D eigenvalue weighted by molar-refractivity contribution is 5.88. The van der Waals surface area contributed by atoms with E-state index in [1.807, 2.05) is 31.2 Å². The summed E-state index contributed by atoms with van der Waals surface area (Å²) in [5.74, 6) is -0.0826. The van der Waals surface area contributed by atoms with E-state index in [0.29, 0.717) is 25.4 Å².